The van der Waals surface area contributed by atoms with Crippen molar-refractivity contribution in [2.75, 3.05) is 6.54 Å². The molecule has 0 fully saturated rings. The second kappa shape index (κ2) is 7.28. The van der Waals surface area contributed by atoms with Crippen LogP contribution >= 0.6 is 0 Å². The number of ether oxygens (including phenoxy) is 1. The SMILES string of the molecule is CC(C)(C)OC(=O)NCC(C)(C)C(=O)O.[CsH]. The van der Waals surface area contributed by atoms with Gasteiger partial charge in [-0.2, -0.15) is 0 Å². The standard InChI is InChI=1S/C10H19NO4.Cs.H/c1-9(2,3)15-8(14)11-6-10(4,5)7(12)13;;/h6H2,1-5H3,(H,11,14)(H,12,13);;. The Morgan fingerprint density at radius 2 is 1.62 bits per heavy atom. The molecule has 0 rings (SSSR count). The van der Waals surface area contributed by atoms with Crippen molar-refractivity contribution in [3.63, 3.8) is 0 Å². The molecule has 0 heterocycles. The van der Waals surface area contributed by atoms with Gasteiger partial charge in [0.15, 0.2) is 0 Å². The Morgan fingerprint density at radius 1 is 1.19 bits per heavy atom. The zero-order valence-electron chi connectivity index (χ0n) is 9.88. The topological polar surface area (TPSA) is 75.6 Å². The maximum atomic E-state index is 11.2. The van der Waals surface area contributed by atoms with Crippen LogP contribution in [0.1, 0.15) is 34.6 Å². The van der Waals surface area contributed by atoms with Gasteiger partial charge in [-0.25, -0.2) is 4.79 Å². The van der Waals surface area contributed by atoms with Crippen LogP contribution in [0.5, 0.6) is 0 Å². The molecule has 0 aliphatic heterocycles. The van der Waals surface area contributed by atoms with E-state index in [-0.39, 0.29) is 75.4 Å². The molecule has 16 heavy (non-hydrogen) atoms. The summed E-state index contributed by atoms with van der Waals surface area (Å²) in [6, 6.07) is 0. The third-order valence-corrected chi connectivity index (χ3v) is 1.65. The number of alkyl carbamates (subject to hydrolysis) is 1. The third-order valence-electron chi connectivity index (χ3n) is 1.65. The normalized spacial score (nSPS) is 11.3. The molecule has 0 atom stereocenters. The average Bonchev–Trinajstić information content (AvgIpc) is 1.97. The molecule has 0 aliphatic rings. The Balaban J connectivity index is 0. The molecule has 0 aliphatic carbocycles. The van der Waals surface area contributed by atoms with Crippen LogP contribution in [-0.4, -0.2) is 98.2 Å². The number of nitrogens with one attached hydrogen (secondary N) is 1. The molecular weight excluding hydrogens is 331 g/mol. The van der Waals surface area contributed by atoms with Gasteiger partial charge in [-0.05, 0) is 34.6 Å². The van der Waals surface area contributed by atoms with E-state index < -0.39 is 23.1 Å². The molecule has 0 saturated heterocycles. The summed E-state index contributed by atoms with van der Waals surface area (Å²) in [7, 11) is 0. The minimum absolute atomic E-state index is 0. The summed E-state index contributed by atoms with van der Waals surface area (Å²) < 4.78 is 4.97. The molecule has 0 aromatic rings. The number of carboxylic acids is 1. The molecule has 0 aromatic heterocycles. The second-order valence-corrected chi connectivity index (χ2v) is 5.04. The van der Waals surface area contributed by atoms with Crippen molar-refractivity contribution in [1.82, 2.24) is 5.32 Å². The van der Waals surface area contributed by atoms with Gasteiger partial charge in [0.2, 0.25) is 0 Å². The van der Waals surface area contributed by atoms with E-state index in [2.05, 4.69) is 5.32 Å². The molecule has 90 valence electrons. The van der Waals surface area contributed by atoms with Crippen LogP contribution in [0.3, 0.4) is 0 Å². The van der Waals surface area contributed by atoms with Crippen LogP contribution in [-0.2, 0) is 9.53 Å². The van der Waals surface area contributed by atoms with E-state index in [0.29, 0.717) is 0 Å². The van der Waals surface area contributed by atoms with E-state index >= 15 is 0 Å². The van der Waals surface area contributed by atoms with E-state index in [1.54, 1.807) is 20.8 Å². The van der Waals surface area contributed by atoms with Crippen LogP contribution in [0.25, 0.3) is 0 Å². The number of hydrogen-bond acceptors (Lipinski definition) is 3. The molecular formula is C10H20CsNO4. The van der Waals surface area contributed by atoms with E-state index in [4.69, 9.17) is 9.84 Å². The van der Waals surface area contributed by atoms with Gasteiger partial charge < -0.3 is 15.2 Å². The monoisotopic (exact) mass is 351 g/mol. The van der Waals surface area contributed by atoms with Crippen LogP contribution < -0.4 is 5.32 Å². The van der Waals surface area contributed by atoms with Gasteiger partial charge >= 0.3 is 81.0 Å². The summed E-state index contributed by atoms with van der Waals surface area (Å²) in [6.07, 6.45) is -0.600. The summed E-state index contributed by atoms with van der Waals surface area (Å²) in [5.74, 6) is -0.960. The number of carbonyl (C=O) groups is 2. The van der Waals surface area contributed by atoms with Gasteiger partial charge in [0, 0.05) is 6.54 Å². The molecule has 2 N–H and O–H groups in total. The van der Waals surface area contributed by atoms with Gasteiger partial charge in [-0.15, -0.1) is 0 Å². The second-order valence-electron chi connectivity index (χ2n) is 5.04. The van der Waals surface area contributed by atoms with Crippen molar-refractivity contribution in [2.45, 2.75) is 40.2 Å². The van der Waals surface area contributed by atoms with E-state index in [1.165, 1.54) is 13.8 Å². The molecule has 0 bridgehead atoms. The van der Waals surface area contributed by atoms with Crippen LogP contribution in [0.2, 0.25) is 0 Å². The first-order valence-corrected chi connectivity index (χ1v) is 4.75. The fourth-order valence-corrected chi connectivity index (χ4v) is 0.683. The predicted octanol–water partition coefficient (Wildman–Crippen LogP) is 0.973. The van der Waals surface area contributed by atoms with Crippen LogP contribution in [0, 0.1) is 5.41 Å². The quantitative estimate of drug-likeness (QED) is 0.795. The van der Waals surface area contributed by atoms with Crippen LogP contribution in [0.15, 0.2) is 0 Å². The van der Waals surface area contributed by atoms with Crippen molar-refractivity contribution in [1.29, 1.82) is 0 Å². The number of hydrogen-bond donors (Lipinski definition) is 2. The zero-order chi connectivity index (χ0) is 12.3. The van der Waals surface area contributed by atoms with Crippen molar-refractivity contribution in [2.24, 2.45) is 5.41 Å². The number of carboxylic acid groups (broad SMARTS) is 1. The van der Waals surface area contributed by atoms with Gasteiger partial charge in [0.1, 0.15) is 5.60 Å². The van der Waals surface area contributed by atoms with E-state index in [1.807, 2.05) is 0 Å². The molecule has 0 radical (unpaired) electrons. The molecule has 1 amide bonds. The Labute approximate surface area is 155 Å². The van der Waals surface area contributed by atoms with Crippen molar-refractivity contribution < 1.29 is 19.4 Å². The zero-order valence-corrected chi connectivity index (χ0v) is 9.88. The molecule has 0 spiro atoms. The first-order valence-electron chi connectivity index (χ1n) is 4.75. The average molecular weight is 351 g/mol. The first kappa shape index (κ1) is 19.1. The van der Waals surface area contributed by atoms with Gasteiger partial charge in [0.25, 0.3) is 0 Å². The summed E-state index contributed by atoms with van der Waals surface area (Å²) in [4.78, 5) is 21.9. The molecule has 0 aromatic carbocycles. The number of aliphatic carboxylic acids is 1. The minimum atomic E-state index is -0.989. The number of carbonyl (C=O) groups excluding carboxylic acids is 1. The Hall–Kier alpha value is 0.792. The molecule has 0 unspecified atom stereocenters. The molecule has 6 heteroatoms. The summed E-state index contributed by atoms with van der Waals surface area (Å²) in [5.41, 5.74) is -1.56. The molecule has 0 saturated carbocycles. The van der Waals surface area contributed by atoms with E-state index in [9.17, 15) is 9.59 Å². The molecule has 5 nitrogen and oxygen atoms in total. The van der Waals surface area contributed by atoms with Gasteiger partial charge in [-0.1, -0.05) is 0 Å². The van der Waals surface area contributed by atoms with Crippen molar-refractivity contribution in [3.05, 3.63) is 0 Å². The number of amides is 1. The Bertz CT molecular complexity index is 258. The van der Waals surface area contributed by atoms with Crippen molar-refractivity contribution in [3.8, 4) is 0 Å². The van der Waals surface area contributed by atoms with Crippen molar-refractivity contribution >= 4 is 81.0 Å². The fraction of sp³-hybridized carbons (Fsp3) is 0.800. The third kappa shape index (κ3) is 8.89. The van der Waals surface area contributed by atoms with Crippen LogP contribution in [0.4, 0.5) is 4.79 Å². The van der Waals surface area contributed by atoms with Gasteiger partial charge in [-0.3, -0.25) is 4.79 Å². The predicted molar refractivity (Wildman–Crippen MR) is 62.8 cm³/mol. The maximum absolute atomic E-state index is 11.2. The summed E-state index contributed by atoms with van der Waals surface area (Å²) in [5, 5.41) is 11.2. The fourth-order valence-electron chi connectivity index (χ4n) is 0.683. The van der Waals surface area contributed by atoms with E-state index in [0.717, 1.165) is 0 Å². The van der Waals surface area contributed by atoms with Gasteiger partial charge in [0.05, 0.1) is 5.41 Å². The summed E-state index contributed by atoms with van der Waals surface area (Å²) in [6.45, 7) is 8.34. The number of rotatable bonds is 3. The Kier molecular flexibility index (Phi) is 8.70. The summed E-state index contributed by atoms with van der Waals surface area (Å²) >= 11 is 0. The Morgan fingerprint density at radius 3 is 1.94 bits per heavy atom. The first-order chi connectivity index (χ1) is 6.54.